The van der Waals surface area contributed by atoms with E-state index in [1.54, 1.807) is 6.07 Å². The van der Waals surface area contributed by atoms with Gasteiger partial charge in [-0.2, -0.15) is 0 Å². The molecule has 3 atom stereocenters. The Morgan fingerprint density at radius 1 is 1.42 bits per heavy atom. The van der Waals surface area contributed by atoms with Gasteiger partial charge < -0.3 is 16.0 Å². The van der Waals surface area contributed by atoms with Crippen molar-refractivity contribution in [1.82, 2.24) is 20.9 Å². The first-order valence-corrected chi connectivity index (χ1v) is 9.99. The number of thiophene rings is 1. The molecule has 3 unspecified atom stereocenters. The fourth-order valence-corrected chi connectivity index (χ4v) is 4.33. The van der Waals surface area contributed by atoms with E-state index in [1.165, 1.54) is 11.3 Å². The molecule has 2 fully saturated rings. The zero-order valence-corrected chi connectivity index (χ0v) is 16.0. The van der Waals surface area contributed by atoms with E-state index in [1.807, 2.05) is 25.3 Å². The van der Waals surface area contributed by atoms with Gasteiger partial charge in [0.1, 0.15) is 0 Å². The maximum atomic E-state index is 12.3. The van der Waals surface area contributed by atoms with Crippen LogP contribution >= 0.6 is 11.3 Å². The Hall–Kier alpha value is -1.93. The van der Waals surface area contributed by atoms with Gasteiger partial charge in [-0.25, -0.2) is 0 Å². The molecule has 2 aliphatic rings. The molecule has 0 saturated carbocycles. The first-order chi connectivity index (χ1) is 12.4. The maximum absolute atomic E-state index is 12.3. The third-order valence-corrected chi connectivity index (χ3v) is 5.73. The van der Waals surface area contributed by atoms with Crippen LogP contribution in [0.1, 0.15) is 42.8 Å². The number of rotatable bonds is 6. The minimum absolute atomic E-state index is 0.0146. The lowest BCUT2D eigenvalue weighted by Crippen LogP contribution is -2.58. The van der Waals surface area contributed by atoms with Crippen LogP contribution in [0.5, 0.6) is 0 Å². The van der Waals surface area contributed by atoms with Crippen molar-refractivity contribution in [3.8, 4) is 0 Å². The second-order valence-corrected chi connectivity index (χ2v) is 8.20. The summed E-state index contributed by atoms with van der Waals surface area (Å²) >= 11 is 1.41. The van der Waals surface area contributed by atoms with Crippen molar-refractivity contribution >= 4 is 29.1 Å². The summed E-state index contributed by atoms with van der Waals surface area (Å²) < 4.78 is 0. The van der Waals surface area contributed by atoms with E-state index in [0.717, 1.165) is 0 Å². The monoisotopic (exact) mass is 378 g/mol. The van der Waals surface area contributed by atoms with Gasteiger partial charge in [0.25, 0.3) is 5.91 Å². The van der Waals surface area contributed by atoms with E-state index < -0.39 is 0 Å². The molecule has 0 radical (unpaired) electrons. The maximum Gasteiger partial charge on any atom is 0.261 e. The number of piperazine rings is 1. The highest BCUT2D eigenvalue weighted by Gasteiger charge is 2.43. The van der Waals surface area contributed by atoms with Gasteiger partial charge in [0.05, 0.1) is 10.9 Å². The molecule has 2 saturated heterocycles. The second-order valence-electron chi connectivity index (χ2n) is 7.26. The third-order valence-electron chi connectivity index (χ3n) is 4.86. The number of carbonyl (C=O) groups is 3. The standard InChI is InChI=1S/C18H26N4O3S/c1-11(2)20-16(23)6-5-13-9-19-17(24)14-8-12(10-22(13)14)21-18(25)15-4-3-7-26-15/h3-4,7,11-14H,5-6,8-10H2,1-2H3,(H,19,24)(H,20,23)(H,21,25). The SMILES string of the molecule is CC(C)NC(=O)CCC1CNC(=O)C2CC(NC(=O)c3cccs3)CN12. The Morgan fingerprint density at radius 3 is 2.92 bits per heavy atom. The number of nitrogens with one attached hydrogen (secondary N) is 3. The molecular formula is C18H26N4O3S. The quantitative estimate of drug-likeness (QED) is 0.680. The van der Waals surface area contributed by atoms with Crippen LogP contribution in [-0.4, -0.2) is 59.9 Å². The van der Waals surface area contributed by atoms with Gasteiger partial charge in [-0.15, -0.1) is 11.3 Å². The predicted octanol–water partition coefficient (Wildman–Crippen LogP) is 0.724. The third kappa shape index (κ3) is 4.42. The average Bonchev–Trinajstić information content (AvgIpc) is 3.23. The summed E-state index contributed by atoms with van der Waals surface area (Å²) in [6.45, 7) is 5.08. The largest absolute Gasteiger partial charge is 0.354 e. The van der Waals surface area contributed by atoms with Crippen LogP contribution in [0, 0.1) is 0 Å². The van der Waals surface area contributed by atoms with Gasteiger partial charge in [0.2, 0.25) is 11.8 Å². The Bertz CT molecular complexity index is 661. The minimum atomic E-state index is -0.226. The molecule has 0 spiro atoms. The van der Waals surface area contributed by atoms with Crippen molar-refractivity contribution in [2.24, 2.45) is 0 Å². The highest BCUT2D eigenvalue weighted by atomic mass is 32.1. The van der Waals surface area contributed by atoms with Gasteiger partial charge in [-0.1, -0.05) is 6.07 Å². The van der Waals surface area contributed by atoms with E-state index in [2.05, 4.69) is 20.9 Å². The normalized spacial score (nSPS) is 25.7. The van der Waals surface area contributed by atoms with Crippen LogP contribution in [0.3, 0.4) is 0 Å². The van der Waals surface area contributed by atoms with Gasteiger partial charge in [0.15, 0.2) is 0 Å². The molecular weight excluding hydrogens is 352 g/mol. The predicted molar refractivity (Wildman–Crippen MR) is 100.0 cm³/mol. The average molecular weight is 378 g/mol. The molecule has 0 bridgehead atoms. The number of hydrogen-bond donors (Lipinski definition) is 3. The Morgan fingerprint density at radius 2 is 2.23 bits per heavy atom. The molecule has 0 aromatic carbocycles. The number of amides is 3. The molecule has 3 heterocycles. The van der Waals surface area contributed by atoms with Gasteiger partial charge in [-0.05, 0) is 38.1 Å². The smallest absolute Gasteiger partial charge is 0.261 e. The van der Waals surface area contributed by atoms with Crippen LogP contribution in [0.4, 0.5) is 0 Å². The zero-order valence-electron chi connectivity index (χ0n) is 15.2. The van der Waals surface area contributed by atoms with E-state index in [0.29, 0.717) is 37.2 Å². The summed E-state index contributed by atoms with van der Waals surface area (Å²) in [4.78, 5) is 39.3. The Balaban J connectivity index is 1.57. The van der Waals surface area contributed by atoms with Crippen LogP contribution in [-0.2, 0) is 9.59 Å². The summed E-state index contributed by atoms with van der Waals surface area (Å²) in [5, 5.41) is 10.8. The molecule has 3 amide bonds. The van der Waals surface area contributed by atoms with Gasteiger partial charge in [0, 0.05) is 37.6 Å². The van der Waals surface area contributed by atoms with E-state index in [4.69, 9.17) is 0 Å². The van der Waals surface area contributed by atoms with E-state index in [-0.39, 0.29) is 41.9 Å². The molecule has 0 aliphatic carbocycles. The number of carbonyl (C=O) groups excluding carboxylic acids is 3. The zero-order chi connectivity index (χ0) is 18.7. The van der Waals surface area contributed by atoms with Crippen LogP contribution in [0.25, 0.3) is 0 Å². The van der Waals surface area contributed by atoms with Crippen molar-refractivity contribution in [3.63, 3.8) is 0 Å². The number of hydrogen-bond acceptors (Lipinski definition) is 5. The van der Waals surface area contributed by atoms with Crippen LogP contribution < -0.4 is 16.0 Å². The lowest BCUT2D eigenvalue weighted by atomic mass is 10.0. The van der Waals surface area contributed by atoms with Crippen molar-refractivity contribution in [2.75, 3.05) is 13.1 Å². The van der Waals surface area contributed by atoms with Crippen molar-refractivity contribution in [3.05, 3.63) is 22.4 Å². The van der Waals surface area contributed by atoms with E-state index >= 15 is 0 Å². The van der Waals surface area contributed by atoms with Gasteiger partial charge in [-0.3, -0.25) is 19.3 Å². The first kappa shape index (κ1) is 18.8. The van der Waals surface area contributed by atoms with Crippen LogP contribution in [0.2, 0.25) is 0 Å². The van der Waals surface area contributed by atoms with Crippen LogP contribution in [0.15, 0.2) is 17.5 Å². The summed E-state index contributed by atoms with van der Waals surface area (Å²) in [5.41, 5.74) is 0. The number of fused-ring (bicyclic) bond motifs is 1. The van der Waals surface area contributed by atoms with Gasteiger partial charge >= 0.3 is 0 Å². The van der Waals surface area contributed by atoms with Crippen molar-refractivity contribution < 1.29 is 14.4 Å². The lowest BCUT2D eigenvalue weighted by Gasteiger charge is -2.37. The van der Waals surface area contributed by atoms with E-state index in [9.17, 15) is 14.4 Å². The molecule has 2 aliphatic heterocycles. The fraction of sp³-hybridized carbons (Fsp3) is 0.611. The minimum Gasteiger partial charge on any atom is -0.354 e. The lowest BCUT2D eigenvalue weighted by molar-refractivity contribution is -0.129. The molecule has 1 aromatic heterocycles. The number of nitrogens with zero attached hydrogens (tertiary/aromatic N) is 1. The molecule has 3 rings (SSSR count). The Labute approximate surface area is 157 Å². The summed E-state index contributed by atoms with van der Waals surface area (Å²) in [6.07, 6.45) is 1.74. The molecule has 142 valence electrons. The van der Waals surface area contributed by atoms with Crippen molar-refractivity contribution in [1.29, 1.82) is 0 Å². The summed E-state index contributed by atoms with van der Waals surface area (Å²) in [5.74, 6) is -0.0333. The van der Waals surface area contributed by atoms with Crippen molar-refractivity contribution in [2.45, 2.75) is 57.3 Å². The molecule has 3 N–H and O–H groups in total. The summed E-state index contributed by atoms with van der Waals surface area (Å²) in [6, 6.07) is 3.62. The second kappa shape index (κ2) is 8.18. The molecule has 7 nitrogen and oxygen atoms in total. The molecule has 8 heteroatoms. The first-order valence-electron chi connectivity index (χ1n) is 9.11. The highest BCUT2D eigenvalue weighted by Crippen LogP contribution is 2.26. The highest BCUT2D eigenvalue weighted by molar-refractivity contribution is 7.12. The topological polar surface area (TPSA) is 90.5 Å². The fourth-order valence-electron chi connectivity index (χ4n) is 3.70. The molecule has 1 aromatic rings. The molecule has 26 heavy (non-hydrogen) atoms. The summed E-state index contributed by atoms with van der Waals surface area (Å²) in [7, 11) is 0. The Kier molecular flexibility index (Phi) is 5.93.